The Morgan fingerprint density at radius 1 is 1.43 bits per heavy atom. The number of hydrogen-bond donors (Lipinski definition) is 2. The molecule has 2 saturated carbocycles. The maximum atomic E-state index is 12.3. The molecular weight excluding hydrogens is 288 g/mol. The minimum absolute atomic E-state index is 0.269. The first kappa shape index (κ1) is 15.0. The van der Waals surface area contributed by atoms with Crippen LogP contribution in [-0.4, -0.2) is 37.8 Å². The van der Waals surface area contributed by atoms with Crippen molar-refractivity contribution >= 4 is 10.0 Å². The highest BCUT2D eigenvalue weighted by molar-refractivity contribution is 7.89. The molecule has 1 heterocycles. The fourth-order valence-electron chi connectivity index (χ4n) is 2.88. The SMILES string of the molecule is CCNCCn1cc(S(=O)(=O)NCC2(C3CC3)CC2)cn1. The number of aromatic nitrogens is 2. The first-order valence-electron chi connectivity index (χ1n) is 7.79. The first-order chi connectivity index (χ1) is 10.1. The largest absolute Gasteiger partial charge is 0.315 e. The van der Waals surface area contributed by atoms with E-state index in [-0.39, 0.29) is 10.3 Å². The molecule has 0 atom stereocenters. The minimum atomic E-state index is -3.42. The van der Waals surface area contributed by atoms with Crippen molar-refractivity contribution in [1.29, 1.82) is 0 Å². The van der Waals surface area contributed by atoms with E-state index in [9.17, 15) is 8.42 Å². The van der Waals surface area contributed by atoms with Gasteiger partial charge in [0.1, 0.15) is 4.90 Å². The van der Waals surface area contributed by atoms with E-state index in [2.05, 4.69) is 15.1 Å². The lowest BCUT2D eigenvalue weighted by Gasteiger charge is -2.14. The molecule has 7 heteroatoms. The standard InChI is InChI=1S/C14H24N4O2S/c1-2-15-7-8-18-10-13(9-16-18)21(19,20)17-11-14(5-6-14)12-3-4-12/h9-10,12,15,17H,2-8,11H2,1H3. The topological polar surface area (TPSA) is 76.0 Å². The molecule has 2 N–H and O–H groups in total. The van der Waals surface area contributed by atoms with Crippen LogP contribution in [-0.2, 0) is 16.6 Å². The van der Waals surface area contributed by atoms with Gasteiger partial charge in [-0.1, -0.05) is 6.92 Å². The number of nitrogens with zero attached hydrogens (tertiary/aromatic N) is 2. The Morgan fingerprint density at radius 3 is 2.81 bits per heavy atom. The Hall–Kier alpha value is -0.920. The quantitative estimate of drug-likeness (QED) is 0.666. The van der Waals surface area contributed by atoms with Gasteiger partial charge in [-0.2, -0.15) is 5.10 Å². The summed E-state index contributed by atoms with van der Waals surface area (Å²) in [7, 11) is -3.42. The molecule has 0 aromatic carbocycles. The van der Waals surface area contributed by atoms with Gasteiger partial charge in [0, 0.05) is 19.3 Å². The molecule has 2 aliphatic rings. The number of likely N-dealkylation sites (N-methyl/N-ethyl adjacent to an activating group) is 1. The molecule has 0 spiro atoms. The average molecular weight is 312 g/mol. The number of hydrogen-bond acceptors (Lipinski definition) is 4. The summed E-state index contributed by atoms with van der Waals surface area (Å²) in [6.45, 7) is 4.99. The first-order valence-corrected chi connectivity index (χ1v) is 9.27. The zero-order valence-corrected chi connectivity index (χ0v) is 13.3. The van der Waals surface area contributed by atoms with Crippen molar-refractivity contribution < 1.29 is 8.42 Å². The normalized spacial score (nSPS) is 20.6. The van der Waals surface area contributed by atoms with Crippen LogP contribution in [0.1, 0.15) is 32.6 Å². The highest BCUT2D eigenvalue weighted by Crippen LogP contribution is 2.60. The molecule has 1 aromatic heterocycles. The van der Waals surface area contributed by atoms with Crippen LogP contribution in [0, 0.1) is 11.3 Å². The summed E-state index contributed by atoms with van der Waals surface area (Å²) >= 11 is 0. The van der Waals surface area contributed by atoms with E-state index in [0.29, 0.717) is 13.1 Å². The summed E-state index contributed by atoms with van der Waals surface area (Å²) < 4.78 is 29.1. The van der Waals surface area contributed by atoms with Crippen molar-refractivity contribution in [1.82, 2.24) is 19.8 Å². The predicted octanol–water partition coefficient (Wildman–Crippen LogP) is 0.961. The van der Waals surface area contributed by atoms with Crippen LogP contribution in [0.2, 0.25) is 0 Å². The molecule has 0 radical (unpaired) electrons. The lowest BCUT2D eigenvalue weighted by molar-refractivity contribution is 0.432. The fraction of sp³-hybridized carbons (Fsp3) is 0.786. The van der Waals surface area contributed by atoms with E-state index in [1.807, 2.05) is 6.92 Å². The highest BCUT2D eigenvalue weighted by atomic mass is 32.2. The van der Waals surface area contributed by atoms with Crippen LogP contribution < -0.4 is 10.0 Å². The van der Waals surface area contributed by atoms with Crippen molar-refractivity contribution in [3.05, 3.63) is 12.4 Å². The molecule has 21 heavy (non-hydrogen) atoms. The van der Waals surface area contributed by atoms with E-state index in [1.165, 1.54) is 31.9 Å². The van der Waals surface area contributed by atoms with Crippen LogP contribution in [0.3, 0.4) is 0 Å². The second kappa shape index (κ2) is 5.70. The summed E-state index contributed by atoms with van der Waals surface area (Å²) in [5.74, 6) is 0.753. The number of rotatable bonds is 9. The van der Waals surface area contributed by atoms with Gasteiger partial charge in [-0.3, -0.25) is 4.68 Å². The van der Waals surface area contributed by atoms with Gasteiger partial charge in [-0.25, -0.2) is 13.1 Å². The summed E-state index contributed by atoms with van der Waals surface area (Å²) in [5.41, 5.74) is 0.272. The van der Waals surface area contributed by atoms with Gasteiger partial charge in [0.25, 0.3) is 0 Å². The zero-order valence-electron chi connectivity index (χ0n) is 12.5. The molecule has 2 fully saturated rings. The molecular formula is C14H24N4O2S. The second-order valence-corrected chi connectivity index (χ2v) is 8.02. The van der Waals surface area contributed by atoms with E-state index in [4.69, 9.17) is 0 Å². The van der Waals surface area contributed by atoms with Gasteiger partial charge in [0.05, 0.1) is 12.7 Å². The van der Waals surface area contributed by atoms with Crippen LogP contribution >= 0.6 is 0 Å². The van der Waals surface area contributed by atoms with E-state index >= 15 is 0 Å². The maximum absolute atomic E-state index is 12.3. The number of nitrogens with one attached hydrogen (secondary N) is 2. The highest BCUT2D eigenvalue weighted by Gasteiger charge is 2.53. The summed E-state index contributed by atoms with van der Waals surface area (Å²) in [4.78, 5) is 0.269. The Kier molecular flexibility index (Phi) is 4.07. The second-order valence-electron chi connectivity index (χ2n) is 6.25. The maximum Gasteiger partial charge on any atom is 0.243 e. The summed E-state index contributed by atoms with van der Waals surface area (Å²) in [5, 5.41) is 7.31. The third kappa shape index (κ3) is 3.46. The van der Waals surface area contributed by atoms with Gasteiger partial charge >= 0.3 is 0 Å². The average Bonchev–Trinajstić information content (AvgIpc) is 3.35. The van der Waals surface area contributed by atoms with E-state index in [1.54, 1.807) is 10.9 Å². The molecule has 0 bridgehead atoms. The molecule has 1 aromatic rings. The molecule has 0 unspecified atom stereocenters. The van der Waals surface area contributed by atoms with Gasteiger partial charge in [-0.15, -0.1) is 0 Å². The Labute approximate surface area is 126 Å². The van der Waals surface area contributed by atoms with Gasteiger partial charge in [0.15, 0.2) is 0 Å². The van der Waals surface area contributed by atoms with Crippen molar-refractivity contribution in [3.63, 3.8) is 0 Å². The molecule has 0 aliphatic heterocycles. The Morgan fingerprint density at radius 2 is 2.19 bits per heavy atom. The lowest BCUT2D eigenvalue weighted by Crippen LogP contribution is -2.31. The van der Waals surface area contributed by atoms with Gasteiger partial charge in [0.2, 0.25) is 10.0 Å². The molecule has 118 valence electrons. The van der Waals surface area contributed by atoms with Crippen LogP contribution in [0.25, 0.3) is 0 Å². The fourth-order valence-corrected chi connectivity index (χ4v) is 3.97. The third-order valence-corrected chi connectivity index (χ3v) is 5.99. The molecule has 6 nitrogen and oxygen atoms in total. The van der Waals surface area contributed by atoms with Crippen LogP contribution in [0.15, 0.2) is 17.3 Å². The predicted molar refractivity (Wildman–Crippen MR) is 80.4 cm³/mol. The van der Waals surface area contributed by atoms with Crippen molar-refractivity contribution in [2.45, 2.75) is 44.0 Å². The van der Waals surface area contributed by atoms with Gasteiger partial charge < -0.3 is 5.32 Å². The zero-order chi connectivity index (χ0) is 14.9. The van der Waals surface area contributed by atoms with Crippen LogP contribution in [0.5, 0.6) is 0 Å². The van der Waals surface area contributed by atoms with Crippen molar-refractivity contribution in [2.24, 2.45) is 11.3 Å². The summed E-state index contributed by atoms with van der Waals surface area (Å²) in [6, 6.07) is 0. The molecule has 0 amide bonds. The summed E-state index contributed by atoms with van der Waals surface area (Å²) in [6.07, 6.45) is 7.92. The molecule has 0 saturated heterocycles. The third-order valence-electron chi connectivity index (χ3n) is 4.64. The van der Waals surface area contributed by atoms with Crippen molar-refractivity contribution in [2.75, 3.05) is 19.6 Å². The Balaban J connectivity index is 1.56. The van der Waals surface area contributed by atoms with Crippen molar-refractivity contribution in [3.8, 4) is 0 Å². The smallest absolute Gasteiger partial charge is 0.243 e. The van der Waals surface area contributed by atoms with Crippen LogP contribution in [0.4, 0.5) is 0 Å². The van der Waals surface area contributed by atoms with E-state index < -0.39 is 10.0 Å². The lowest BCUT2D eigenvalue weighted by atomic mass is 10.0. The number of sulfonamides is 1. The van der Waals surface area contributed by atoms with Gasteiger partial charge in [-0.05, 0) is 43.6 Å². The monoisotopic (exact) mass is 312 g/mol. The molecule has 3 rings (SSSR count). The Bertz CT molecular complexity index is 588. The van der Waals surface area contributed by atoms with E-state index in [0.717, 1.165) is 19.0 Å². The molecule has 2 aliphatic carbocycles. The minimum Gasteiger partial charge on any atom is -0.315 e.